The maximum atomic E-state index is 5.81. The fraction of sp³-hybridized carbons (Fsp3) is 0.500. The molecule has 0 radical (unpaired) electrons. The molecule has 0 aromatic heterocycles. The summed E-state index contributed by atoms with van der Waals surface area (Å²) in [4.78, 5) is 0. The van der Waals surface area contributed by atoms with Crippen molar-refractivity contribution >= 4 is 12.4 Å². The Balaban J connectivity index is 0.000000810. The largest absolute Gasteiger partial charge is 0.322 e. The van der Waals surface area contributed by atoms with Gasteiger partial charge in [0.25, 0.3) is 0 Å². The van der Waals surface area contributed by atoms with Crippen LogP contribution in [-0.2, 0) is 0 Å². The first-order chi connectivity index (χ1) is 4.10. The van der Waals surface area contributed by atoms with Crippen molar-refractivity contribution in [3.8, 4) is 0 Å². The first-order valence-corrected chi connectivity index (χ1v) is 3.25. The van der Waals surface area contributed by atoms with Crippen molar-refractivity contribution in [3.63, 3.8) is 0 Å². The second-order valence-corrected chi connectivity index (χ2v) is 2.99. The molecule has 1 aliphatic rings. The third-order valence-corrected chi connectivity index (χ3v) is 1.59. The van der Waals surface area contributed by atoms with Crippen LogP contribution in [0.4, 0.5) is 0 Å². The summed E-state index contributed by atoms with van der Waals surface area (Å²) in [5.74, 6) is 0. The van der Waals surface area contributed by atoms with Crippen molar-refractivity contribution in [2.24, 2.45) is 5.73 Å². The Morgan fingerprint density at radius 1 is 1.60 bits per heavy atom. The third-order valence-electron chi connectivity index (χ3n) is 1.59. The van der Waals surface area contributed by atoms with Crippen molar-refractivity contribution in [1.82, 2.24) is 0 Å². The van der Waals surface area contributed by atoms with Gasteiger partial charge in [0.15, 0.2) is 0 Å². The summed E-state index contributed by atoms with van der Waals surface area (Å²) in [6, 6.07) is 0. The molecule has 0 saturated heterocycles. The van der Waals surface area contributed by atoms with Crippen LogP contribution in [-0.4, -0.2) is 5.54 Å². The van der Waals surface area contributed by atoms with Crippen LogP contribution < -0.4 is 5.73 Å². The number of rotatable bonds is 0. The van der Waals surface area contributed by atoms with Crippen molar-refractivity contribution in [2.75, 3.05) is 0 Å². The van der Waals surface area contributed by atoms with Crippen LogP contribution in [0.25, 0.3) is 0 Å². The zero-order valence-corrected chi connectivity index (χ0v) is 7.24. The molecule has 0 fully saturated rings. The summed E-state index contributed by atoms with van der Waals surface area (Å²) >= 11 is 0. The Kier molecular flexibility index (Phi) is 3.13. The summed E-state index contributed by atoms with van der Waals surface area (Å²) < 4.78 is 0. The summed E-state index contributed by atoms with van der Waals surface area (Å²) in [5.41, 5.74) is 7.03. The quantitative estimate of drug-likeness (QED) is 0.575. The van der Waals surface area contributed by atoms with E-state index >= 15 is 0 Å². The fourth-order valence-corrected chi connectivity index (χ4v) is 0.839. The first-order valence-electron chi connectivity index (χ1n) is 3.25. The molecule has 1 aliphatic carbocycles. The molecular weight excluding hydrogens is 146 g/mol. The van der Waals surface area contributed by atoms with E-state index in [4.69, 9.17) is 5.73 Å². The van der Waals surface area contributed by atoms with Crippen LogP contribution in [0.2, 0.25) is 0 Å². The van der Waals surface area contributed by atoms with Gasteiger partial charge in [-0.05, 0) is 20.3 Å². The molecule has 0 aromatic rings. The lowest BCUT2D eigenvalue weighted by molar-refractivity contribution is 0.586. The van der Waals surface area contributed by atoms with E-state index in [2.05, 4.69) is 25.2 Å². The topological polar surface area (TPSA) is 26.0 Å². The Morgan fingerprint density at radius 3 is 2.50 bits per heavy atom. The lowest BCUT2D eigenvalue weighted by Crippen LogP contribution is -2.33. The van der Waals surface area contributed by atoms with Crippen LogP contribution >= 0.6 is 12.4 Å². The van der Waals surface area contributed by atoms with Gasteiger partial charge >= 0.3 is 0 Å². The summed E-state index contributed by atoms with van der Waals surface area (Å²) in [7, 11) is 0. The van der Waals surface area contributed by atoms with Crippen LogP contribution in [0.1, 0.15) is 20.3 Å². The average Bonchev–Trinajstić information content (AvgIpc) is 1.78. The molecule has 0 spiro atoms. The molecule has 1 unspecified atom stereocenters. The average molecular weight is 160 g/mol. The highest BCUT2D eigenvalue weighted by Crippen LogP contribution is 2.16. The molecule has 0 amide bonds. The molecule has 0 heterocycles. The smallest absolute Gasteiger partial charge is 0.0348 e. The molecule has 0 aliphatic heterocycles. The highest BCUT2D eigenvalue weighted by atomic mass is 35.5. The minimum atomic E-state index is -0.0977. The Morgan fingerprint density at radius 2 is 2.20 bits per heavy atom. The summed E-state index contributed by atoms with van der Waals surface area (Å²) in [6.07, 6.45) is 7.27. The molecule has 2 heteroatoms. The number of hydrogen-bond donors (Lipinski definition) is 1. The number of allylic oxidation sites excluding steroid dienone is 2. The van der Waals surface area contributed by atoms with Gasteiger partial charge in [-0.2, -0.15) is 0 Å². The van der Waals surface area contributed by atoms with Crippen molar-refractivity contribution in [3.05, 3.63) is 23.8 Å². The maximum absolute atomic E-state index is 5.81. The fourth-order valence-electron chi connectivity index (χ4n) is 0.839. The Hall–Kier alpha value is -0.270. The van der Waals surface area contributed by atoms with Gasteiger partial charge in [0, 0.05) is 5.54 Å². The van der Waals surface area contributed by atoms with Gasteiger partial charge in [-0.25, -0.2) is 0 Å². The van der Waals surface area contributed by atoms with E-state index in [1.807, 2.05) is 6.92 Å². The monoisotopic (exact) mass is 159 g/mol. The maximum Gasteiger partial charge on any atom is 0.0348 e. The van der Waals surface area contributed by atoms with Gasteiger partial charge < -0.3 is 5.73 Å². The molecule has 0 aromatic carbocycles. The SMILES string of the molecule is CC1=CCC(C)(N)C=C1.Cl. The van der Waals surface area contributed by atoms with Crippen molar-refractivity contribution in [1.29, 1.82) is 0 Å². The van der Waals surface area contributed by atoms with Crippen LogP contribution in [0.3, 0.4) is 0 Å². The van der Waals surface area contributed by atoms with E-state index in [9.17, 15) is 0 Å². The highest BCUT2D eigenvalue weighted by Gasteiger charge is 2.14. The molecule has 1 atom stereocenters. The van der Waals surface area contributed by atoms with E-state index in [1.165, 1.54) is 5.57 Å². The predicted octanol–water partition coefficient (Wildman–Crippen LogP) is 2.03. The van der Waals surface area contributed by atoms with E-state index in [0.29, 0.717) is 0 Å². The molecule has 2 N–H and O–H groups in total. The zero-order valence-electron chi connectivity index (χ0n) is 6.42. The zero-order chi connectivity index (χ0) is 6.91. The van der Waals surface area contributed by atoms with Crippen LogP contribution in [0, 0.1) is 0 Å². The Labute approximate surface area is 68.4 Å². The number of halogens is 1. The second-order valence-electron chi connectivity index (χ2n) is 2.99. The molecule has 1 nitrogen and oxygen atoms in total. The number of nitrogens with two attached hydrogens (primary N) is 1. The minimum absolute atomic E-state index is 0. The van der Waals surface area contributed by atoms with E-state index in [0.717, 1.165) is 6.42 Å². The van der Waals surface area contributed by atoms with Gasteiger partial charge in [0.2, 0.25) is 0 Å². The molecular formula is C8H14ClN. The molecule has 0 saturated carbocycles. The minimum Gasteiger partial charge on any atom is -0.322 e. The van der Waals surface area contributed by atoms with Gasteiger partial charge in [-0.1, -0.05) is 23.8 Å². The van der Waals surface area contributed by atoms with Gasteiger partial charge in [0.1, 0.15) is 0 Å². The lowest BCUT2D eigenvalue weighted by atomic mass is 9.92. The van der Waals surface area contributed by atoms with Crippen LogP contribution in [0.15, 0.2) is 23.8 Å². The lowest BCUT2D eigenvalue weighted by Gasteiger charge is -2.21. The standard InChI is InChI=1S/C8H13N.ClH/c1-7-3-5-8(2,9)6-4-7;/h3-5H,6,9H2,1-2H3;1H. The van der Waals surface area contributed by atoms with Crippen LogP contribution in [0.5, 0.6) is 0 Å². The first kappa shape index (κ1) is 9.73. The predicted molar refractivity (Wildman–Crippen MR) is 47.4 cm³/mol. The number of hydrogen-bond acceptors (Lipinski definition) is 1. The second kappa shape index (κ2) is 3.22. The van der Waals surface area contributed by atoms with Crippen molar-refractivity contribution < 1.29 is 0 Å². The Bertz CT molecular complexity index is 168. The third kappa shape index (κ3) is 2.54. The molecule has 0 bridgehead atoms. The normalized spacial score (nSPS) is 30.9. The van der Waals surface area contributed by atoms with E-state index < -0.39 is 0 Å². The van der Waals surface area contributed by atoms with Crippen molar-refractivity contribution in [2.45, 2.75) is 25.8 Å². The highest BCUT2D eigenvalue weighted by molar-refractivity contribution is 5.85. The van der Waals surface area contributed by atoms with Gasteiger partial charge in [-0.15, -0.1) is 12.4 Å². The molecule has 58 valence electrons. The molecule has 10 heavy (non-hydrogen) atoms. The summed E-state index contributed by atoms with van der Waals surface area (Å²) in [5, 5.41) is 0. The van der Waals surface area contributed by atoms with E-state index in [1.54, 1.807) is 0 Å². The molecule has 1 rings (SSSR count). The summed E-state index contributed by atoms with van der Waals surface area (Å²) in [6.45, 7) is 4.12. The van der Waals surface area contributed by atoms with Gasteiger partial charge in [-0.3, -0.25) is 0 Å². The van der Waals surface area contributed by atoms with E-state index in [-0.39, 0.29) is 17.9 Å². The van der Waals surface area contributed by atoms with Gasteiger partial charge in [0.05, 0.1) is 0 Å².